The highest BCUT2D eigenvalue weighted by Gasteiger charge is 2.48. The van der Waals surface area contributed by atoms with Gasteiger partial charge in [-0.2, -0.15) is 0 Å². The Kier molecular flexibility index (Phi) is 6.07. The number of carboxylic acids is 1. The van der Waals surface area contributed by atoms with Crippen molar-refractivity contribution in [3.63, 3.8) is 0 Å². The lowest BCUT2D eigenvalue weighted by Crippen LogP contribution is -2.56. The smallest absolute Gasteiger partial charge is 0.329 e. The largest absolute Gasteiger partial charge is 0.480 e. The number of benzene rings is 2. The number of aliphatic carboxylic acids is 1. The minimum absolute atomic E-state index is 0.0795. The normalized spacial score (nSPS) is 21.7. The molecule has 2 aliphatic rings. The van der Waals surface area contributed by atoms with Crippen molar-refractivity contribution < 1.29 is 19.5 Å². The van der Waals surface area contributed by atoms with Crippen LogP contribution in [0, 0.1) is 5.92 Å². The van der Waals surface area contributed by atoms with Crippen molar-refractivity contribution in [2.75, 3.05) is 0 Å². The number of carbonyl (C=O) groups is 3. The molecule has 2 amide bonds. The molecular weight excluding hydrogens is 392 g/mol. The first-order valence-electron chi connectivity index (χ1n) is 11.0. The van der Waals surface area contributed by atoms with Crippen LogP contribution in [-0.2, 0) is 16.1 Å². The van der Waals surface area contributed by atoms with E-state index in [-0.39, 0.29) is 23.7 Å². The summed E-state index contributed by atoms with van der Waals surface area (Å²) in [6.07, 6.45) is 4.38. The lowest BCUT2D eigenvalue weighted by Gasteiger charge is -2.34. The van der Waals surface area contributed by atoms with Gasteiger partial charge in [0.1, 0.15) is 5.54 Å². The maximum Gasteiger partial charge on any atom is 0.329 e. The van der Waals surface area contributed by atoms with Gasteiger partial charge in [0.15, 0.2) is 0 Å². The van der Waals surface area contributed by atoms with E-state index in [9.17, 15) is 19.5 Å². The lowest BCUT2D eigenvalue weighted by atomic mass is 9.81. The van der Waals surface area contributed by atoms with Crippen molar-refractivity contribution in [2.24, 2.45) is 5.92 Å². The van der Waals surface area contributed by atoms with Crippen LogP contribution in [0.4, 0.5) is 0 Å². The molecule has 0 aliphatic heterocycles. The van der Waals surface area contributed by atoms with Crippen LogP contribution >= 0.6 is 0 Å². The van der Waals surface area contributed by atoms with Crippen molar-refractivity contribution in [3.05, 3.63) is 71.3 Å². The summed E-state index contributed by atoms with van der Waals surface area (Å²) in [6, 6.07) is 17.1. The first kappa shape index (κ1) is 21.1. The molecule has 6 nitrogen and oxygen atoms in total. The second-order valence-electron chi connectivity index (χ2n) is 8.68. The van der Waals surface area contributed by atoms with Crippen molar-refractivity contribution in [1.82, 2.24) is 10.6 Å². The van der Waals surface area contributed by atoms with Crippen molar-refractivity contribution in [2.45, 2.75) is 56.5 Å². The van der Waals surface area contributed by atoms with Gasteiger partial charge in [0.05, 0.1) is 0 Å². The molecule has 0 aromatic heterocycles. The number of carbonyl (C=O) groups excluding carboxylic acids is 2. The number of rotatable bonds is 7. The van der Waals surface area contributed by atoms with E-state index in [0.29, 0.717) is 31.4 Å². The van der Waals surface area contributed by atoms with Crippen LogP contribution in [0.3, 0.4) is 0 Å². The lowest BCUT2D eigenvalue weighted by molar-refractivity contribution is -0.149. The Bertz CT molecular complexity index is 949. The van der Waals surface area contributed by atoms with Gasteiger partial charge in [0.25, 0.3) is 5.91 Å². The van der Waals surface area contributed by atoms with E-state index < -0.39 is 11.5 Å². The molecule has 2 aromatic rings. The molecule has 2 aliphatic carbocycles. The van der Waals surface area contributed by atoms with Gasteiger partial charge in [-0.3, -0.25) is 9.59 Å². The SMILES string of the molecule is O=C(NCc1ccccc1)c1ccc([C@@H]2CC2C(=O)NC2(C(=O)O)CCCCC2)cc1. The van der Waals surface area contributed by atoms with E-state index in [4.69, 9.17) is 0 Å². The van der Waals surface area contributed by atoms with Crippen LogP contribution in [0.15, 0.2) is 54.6 Å². The quantitative estimate of drug-likeness (QED) is 0.637. The van der Waals surface area contributed by atoms with Crippen LogP contribution in [0.2, 0.25) is 0 Å². The summed E-state index contributed by atoms with van der Waals surface area (Å²) in [5.74, 6) is -1.35. The molecule has 2 aromatic carbocycles. The summed E-state index contributed by atoms with van der Waals surface area (Å²) in [7, 11) is 0. The second-order valence-corrected chi connectivity index (χ2v) is 8.68. The third-order valence-corrected chi connectivity index (χ3v) is 6.50. The fourth-order valence-corrected chi connectivity index (χ4v) is 4.49. The predicted octanol–water partition coefficient (Wildman–Crippen LogP) is 3.62. The van der Waals surface area contributed by atoms with E-state index in [0.717, 1.165) is 30.4 Å². The fourth-order valence-electron chi connectivity index (χ4n) is 4.49. The molecule has 162 valence electrons. The van der Waals surface area contributed by atoms with Crippen LogP contribution in [0.25, 0.3) is 0 Å². The summed E-state index contributed by atoms with van der Waals surface area (Å²) in [5, 5.41) is 15.4. The molecule has 1 unspecified atom stereocenters. The molecule has 31 heavy (non-hydrogen) atoms. The average Bonchev–Trinajstić information content (AvgIpc) is 3.60. The zero-order valence-corrected chi connectivity index (χ0v) is 17.5. The summed E-state index contributed by atoms with van der Waals surface area (Å²) in [6.45, 7) is 0.470. The van der Waals surface area contributed by atoms with Crippen LogP contribution in [0.5, 0.6) is 0 Å². The Hall–Kier alpha value is -3.15. The van der Waals surface area contributed by atoms with Crippen LogP contribution < -0.4 is 10.6 Å². The molecule has 6 heteroatoms. The van der Waals surface area contributed by atoms with E-state index >= 15 is 0 Å². The third kappa shape index (κ3) is 4.79. The van der Waals surface area contributed by atoms with Gasteiger partial charge in [-0.25, -0.2) is 4.79 Å². The van der Waals surface area contributed by atoms with E-state index in [1.54, 1.807) is 12.1 Å². The molecule has 2 atom stereocenters. The highest BCUT2D eigenvalue weighted by molar-refractivity contribution is 5.94. The van der Waals surface area contributed by atoms with Gasteiger partial charge >= 0.3 is 5.97 Å². The van der Waals surface area contributed by atoms with Gasteiger partial charge in [-0.15, -0.1) is 0 Å². The fraction of sp³-hybridized carbons (Fsp3) is 0.400. The maximum absolute atomic E-state index is 12.7. The summed E-state index contributed by atoms with van der Waals surface area (Å²) < 4.78 is 0. The van der Waals surface area contributed by atoms with Gasteiger partial charge in [0.2, 0.25) is 5.91 Å². The predicted molar refractivity (Wildman–Crippen MR) is 116 cm³/mol. The molecule has 0 saturated heterocycles. The Labute approximate surface area is 182 Å². The second kappa shape index (κ2) is 8.92. The van der Waals surface area contributed by atoms with Gasteiger partial charge in [-0.1, -0.05) is 61.7 Å². The molecule has 2 fully saturated rings. The highest BCUT2D eigenvalue weighted by atomic mass is 16.4. The number of hydrogen-bond acceptors (Lipinski definition) is 3. The number of carboxylic acid groups (broad SMARTS) is 1. The Balaban J connectivity index is 1.32. The molecule has 0 bridgehead atoms. The molecule has 4 rings (SSSR count). The minimum atomic E-state index is -1.11. The molecule has 0 radical (unpaired) electrons. The van der Waals surface area contributed by atoms with Gasteiger partial charge in [0, 0.05) is 18.0 Å². The van der Waals surface area contributed by atoms with E-state index in [1.807, 2.05) is 42.5 Å². The summed E-state index contributed by atoms with van der Waals surface area (Å²) >= 11 is 0. The Morgan fingerprint density at radius 2 is 1.61 bits per heavy atom. The highest BCUT2D eigenvalue weighted by Crippen LogP contribution is 2.48. The number of nitrogens with one attached hydrogen (secondary N) is 2. The average molecular weight is 421 g/mol. The summed E-state index contributed by atoms with van der Waals surface area (Å²) in [5.41, 5.74) is 1.51. The zero-order valence-electron chi connectivity index (χ0n) is 17.5. The number of hydrogen-bond donors (Lipinski definition) is 3. The van der Waals surface area contributed by atoms with Crippen molar-refractivity contribution in [1.29, 1.82) is 0 Å². The maximum atomic E-state index is 12.7. The van der Waals surface area contributed by atoms with Gasteiger partial charge < -0.3 is 15.7 Å². The first-order valence-corrected chi connectivity index (χ1v) is 11.0. The minimum Gasteiger partial charge on any atom is -0.480 e. The standard InChI is InChI=1S/C25H28N2O4/c28-22(26-16-17-7-3-1-4-8-17)19-11-9-18(10-12-19)20-15-21(20)23(29)27-25(24(30)31)13-5-2-6-14-25/h1,3-4,7-12,20-21H,2,5-6,13-16H2,(H,26,28)(H,27,29)(H,30,31)/t20-,21?/m0/s1. The monoisotopic (exact) mass is 420 g/mol. The topological polar surface area (TPSA) is 95.5 Å². The van der Waals surface area contributed by atoms with Crippen molar-refractivity contribution in [3.8, 4) is 0 Å². The van der Waals surface area contributed by atoms with Crippen LogP contribution in [0.1, 0.15) is 65.9 Å². The van der Waals surface area contributed by atoms with Crippen molar-refractivity contribution >= 4 is 17.8 Å². The Morgan fingerprint density at radius 1 is 0.935 bits per heavy atom. The zero-order chi connectivity index (χ0) is 21.8. The molecular formula is C25H28N2O4. The molecule has 0 spiro atoms. The van der Waals surface area contributed by atoms with E-state index in [2.05, 4.69) is 10.6 Å². The number of amides is 2. The molecule has 2 saturated carbocycles. The molecule has 0 heterocycles. The first-order chi connectivity index (χ1) is 15.0. The summed E-state index contributed by atoms with van der Waals surface area (Å²) in [4.78, 5) is 36.9. The third-order valence-electron chi connectivity index (χ3n) is 6.50. The van der Waals surface area contributed by atoms with Gasteiger partial charge in [-0.05, 0) is 48.4 Å². The Morgan fingerprint density at radius 3 is 2.26 bits per heavy atom. The van der Waals surface area contributed by atoms with E-state index in [1.165, 1.54) is 0 Å². The van der Waals surface area contributed by atoms with Crippen LogP contribution in [-0.4, -0.2) is 28.4 Å². The molecule has 3 N–H and O–H groups in total.